The molecule has 3 rings (SSSR count). The van der Waals surface area contributed by atoms with Crippen LogP contribution >= 0.6 is 0 Å². The molecule has 1 aliphatic heterocycles. The van der Waals surface area contributed by atoms with Gasteiger partial charge in [-0.2, -0.15) is 9.40 Å². The molecule has 0 N–H and O–H groups in total. The molecule has 1 aromatic heterocycles. The number of hydrogen-bond donors (Lipinski definition) is 0. The lowest BCUT2D eigenvalue weighted by molar-refractivity contribution is 0.0596. The number of rotatable bonds is 6. The summed E-state index contributed by atoms with van der Waals surface area (Å²) in [6, 6.07) is 4.39. The second-order valence-corrected chi connectivity index (χ2v) is 8.97. The third kappa shape index (κ3) is 4.43. The van der Waals surface area contributed by atoms with E-state index in [9.17, 15) is 17.6 Å². The molecule has 1 saturated heterocycles. The maximum absolute atomic E-state index is 14.0. The number of ether oxygens (including phenoxy) is 2. The molecule has 1 aromatic carbocycles. The van der Waals surface area contributed by atoms with Crippen LogP contribution in [0.25, 0.3) is 0 Å². The second-order valence-electron chi connectivity index (χ2n) is 7.12. The maximum Gasteiger partial charge on any atom is 0.342 e. The topological polar surface area (TPSA) is 90.7 Å². The number of piperidine rings is 1. The van der Waals surface area contributed by atoms with Crippen molar-refractivity contribution >= 4 is 16.0 Å². The monoisotopic (exact) mass is 425 g/mol. The van der Waals surface area contributed by atoms with Gasteiger partial charge < -0.3 is 9.47 Å². The summed E-state index contributed by atoms with van der Waals surface area (Å²) in [6.45, 7) is 2.82. The van der Waals surface area contributed by atoms with Gasteiger partial charge in [-0.1, -0.05) is 13.0 Å². The molecule has 0 aliphatic carbocycles. The molecule has 0 unspecified atom stereocenters. The van der Waals surface area contributed by atoms with Crippen LogP contribution in [-0.2, 0) is 21.3 Å². The largest absolute Gasteiger partial charge is 0.494 e. The Morgan fingerprint density at radius 1 is 1.34 bits per heavy atom. The van der Waals surface area contributed by atoms with Gasteiger partial charge in [-0.15, -0.1) is 0 Å². The lowest BCUT2D eigenvalue weighted by Gasteiger charge is -2.29. The Kier molecular flexibility index (Phi) is 6.23. The first-order chi connectivity index (χ1) is 13.8. The van der Waals surface area contributed by atoms with Crippen molar-refractivity contribution in [2.75, 3.05) is 27.3 Å². The van der Waals surface area contributed by atoms with E-state index in [0.29, 0.717) is 18.7 Å². The summed E-state index contributed by atoms with van der Waals surface area (Å²) in [4.78, 5) is 12.2. The zero-order valence-electron chi connectivity index (χ0n) is 16.6. The number of methoxy groups -OCH3 is 2. The maximum atomic E-state index is 14.0. The predicted molar refractivity (Wildman–Crippen MR) is 103 cm³/mol. The van der Waals surface area contributed by atoms with Crippen LogP contribution in [0.4, 0.5) is 4.39 Å². The van der Waals surface area contributed by atoms with Crippen LogP contribution in [0.15, 0.2) is 29.4 Å². The minimum Gasteiger partial charge on any atom is -0.494 e. The highest BCUT2D eigenvalue weighted by atomic mass is 32.2. The zero-order valence-corrected chi connectivity index (χ0v) is 17.4. The average molecular weight is 425 g/mol. The van der Waals surface area contributed by atoms with Gasteiger partial charge in [0.2, 0.25) is 5.03 Å². The summed E-state index contributed by atoms with van der Waals surface area (Å²) in [6.07, 6.45) is 3.02. The van der Waals surface area contributed by atoms with Crippen molar-refractivity contribution in [1.82, 2.24) is 14.1 Å². The molecule has 2 heterocycles. The van der Waals surface area contributed by atoms with Gasteiger partial charge in [-0.3, -0.25) is 4.68 Å². The number of halogens is 1. The fourth-order valence-electron chi connectivity index (χ4n) is 3.41. The van der Waals surface area contributed by atoms with Crippen LogP contribution in [0.3, 0.4) is 0 Å². The Morgan fingerprint density at radius 3 is 2.72 bits per heavy atom. The van der Waals surface area contributed by atoms with Crippen LogP contribution < -0.4 is 4.74 Å². The molecule has 29 heavy (non-hydrogen) atoms. The van der Waals surface area contributed by atoms with Crippen LogP contribution in [0.5, 0.6) is 5.75 Å². The molecule has 1 aliphatic rings. The van der Waals surface area contributed by atoms with Gasteiger partial charge in [-0.05, 0) is 36.5 Å². The third-order valence-electron chi connectivity index (χ3n) is 4.90. The Labute approximate surface area is 169 Å². The number of nitrogens with zero attached hydrogens (tertiary/aromatic N) is 3. The minimum atomic E-state index is -3.96. The van der Waals surface area contributed by atoms with E-state index < -0.39 is 21.8 Å². The molecule has 8 nitrogen and oxygen atoms in total. The van der Waals surface area contributed by atoms with Crippen molar-refractivity contribution in [3.63, 3.8) is 0 Å². The van der Waals surface area contributed by atoms with E-state index in [1.54, 1.807) is 6.07 Å². The highest BCUT2D eigenvalue weighted by molar-refractivity contribution is 7.89. The van der Waals surface area contributed by atoms with Crippen LogP contribution in [-0.4, -0.2) is 55.8 Å². The van der Waals surface area contributed by atoms with E-state index in [-0.39, 0.29) is 28.8 Å². The number of hydrogen-bond acceptors (Lipinski definition) is 6. The van der Waals surface area contributed by atoms with Crippen molar-refractivity contribution in [1.29, 1.82) is 0 Å². The van der Waals surface area contributed by atoms with E-state index in [0.717, 1.165) is 12.8 Å². The Bertz CT molecular complexity index is 1010. The molecule has 10 heteroatoms. The van der Waals surface area contributed by atoms with E-state index in [1.165, 1.54) is 41.5 Å². The van der Waals surface area contributed by atoms with Gasteiger partial charge in [0, 0.05) is 19.3 Å². The van der Waals surface area contributed by atoms with E-state index in [4.69, 9.17) is 9.47 Å². The second kappa shape index (κ2) is 8.50. The summed E-state index contributed by atoms with van der Waals surface area (Å²) in [5.41, 5.74) is 0.400. The standard InChI is InChI=1S/C19H24FN3O5S/c1-13-5-4-8-23(10-13)29(25,26)18-15(19(24)28-3)12-22(21-18)11-14-6-7-17(27-2)16(20)9-14/h6-7,9,12-13H,4-5,8,10-11H2,1-3H3/t13-/m0/s1. The van der Waals surface area contributed by atoms with Crippen molar-refractivity contribution in [2.45, 2.75) is 31.3 Å². The van der Waals surface area contributed by atoms with Gasteiger partial charge in [0.15, 0.2) is 11.6 Å². The molecule has 0 saturated carbocycles. The first kappa shape index (κ1) is 21.3. The predicted octanol–water partition coefficient (Wildman–Crippen LogP) is 2.29. The average Bonchev–Trinajstić information content (AvgIpc) is 3.12. The number of carbonyl (C=O) groups is 1. The molecular formula is C19H24FN3O5S. The quantitative estimate of drug-likeness (QED) is 0.660. The summed E-state index contributed by atoms with van der Waals surface area (Å²) in [5.74, 6) is -1.00. The van der Waals surface area contributed by atoms with Crippen LogP contribution in [0, 0.1) is 11.7 Å². The number of benzene rings is 1. The number of esters is 1. The smallest absolute Gasteiger partial charge is 0.342 e. The zero-order chi connectivity index (χ0) is 21.2. The van der Waals surface area contributed by atoms with Crippen molar-refractivity contribution in [3.8, 4) is 5.75 Å². The summed E-state index contributed by atoms with van der Waals surface area (Å²) in [5, 5.41) is 3.81. The summed E-state index contributed by atoms with van der Waals surface area (Å²) >= 11 is 0. The van der Waals surface area contributed by atoms with Gasteiger partial charge in [0.1, 0.15) is 5.56 Å². The van der Waals surface area contributed by atoms with E-state index >= 15 is 0 Å². The van der Waals surface area contributed by atoms with Gasteiger partial charge in [0.05, 0.1) is 20.8 Å². The first-order valence-corrected chi connectivity index (χ1v) is 10.7. The Hall–Kier alpha value is -2.46. The third-order valence-corrected chi connectivity index (χ3v) is 6.70. The molecule has 0 spiro atoms. The fraction of sp³-hybridized carbons (Fsp3) is 0.474. The van der Waals surface area contributed by atoms with Crippen molar-refractivity contribution < 1.29 is 27.1 Å². The van der Waals surface area contributed by atoms with E-state index in [1.807, 2.05) is 6.92 Å². The highest BCUT2D eigenvalue weighted by Gasteiger charge is 2.35. The first-order valence-electron chi connectivity index (χ1n) is 9.24. The molecule has 158 valence electrons. The Morgan fingerprint density at radius 2 is 2.10 bits per heavy atom. The number of sulfonamides is 1. The van der Waals surface area contributed by atoms with Crippen molar-refractivity contribution in [3.05, 3.63) is 41.3 Å². The van der Waals surface area contributed by atoms with Crippen LogP contribution in [0.1, 0.15) is 35.7 Å². The van der Waals surface area contributed by atoms with Crippen molar-refractivity contribution in [2.24, 2.45) is 5.92 Å². The summed E-state index contributed by atoms with van der Waals surface area (Å²) < 4.78 is 52.5. The minimum absolute atomic E-state index is 0.0802. The molecule has 0 radical (unpaired) electrons. The normalized spacial score (nSPS) is 17.9. The molecule has 2 aromatic rings. The Balaban J connectivity index is 1.96. The molecule has 1 fully saturated rings. The lowest BCUT2D eigenvalue weighted by Crippen LogP contribution is -2.39. The summed E-state index contributed by atoms with van der Waals surface area (Å²) in [7, 11) is -1.42. The van der Waals surface area contributed by atoms with Crippen LogP contribution in [0.2, 0.25) is 0 Å². The highest BCUT2D eigenvalue weighted by Crippen LogP contribution is 2.26. The molecular weight excluding hydrogens is 401 g/mol. The number of aromatic nitrogens is 2. The SMILES string of the molecule is COC(=O)c1cn(Cc2ccc(OC)c(F)c2)nc1S(=O)(=O)N1CCC[C@H](C)C1. The van der Waals surface area contributed by atoms with Gasteiger partial charge >= 0.3 is 5.97 Å². The van der Waals surface area contributed by atoms with Gasteiger partial charge in [-0.25, -0.2) is 17.6 Å². The van der Waals surface area contributed by atoms with E-state index in [2.05, 4.69) is 5.10 Å². The number of carbonyl (C=O) groups excluding carboxylic acids is 1. The molecule has 1 atom stereocenters. The molecule has 0 amide bonds. The van der Waals surface area contributed by atoms with Gasteiger partial charge in [0.25, 0.3) is 10.0 Å². The molecule has 0 bridgehead atoms. The fourth-order valence-corrected chi connectivity index (χ4v) is 5.09. The lowest BCUT2D eigenvalue weighted by atomic mass is 10.0.